The molecule has 0 heterocycles. The van der Waals surface area contributed by atoms with Crippen molar-refractivity contribution in [3.63, 3.8) is 0 Å². The molecule has 0 rings (SSSR count). The molecule has 0 aliphatic heterocycles. The molecule has 0 amide bonds. The molecule has 0 saturated heterocycles. The lowest BCUT2D eigenvalue weighted by Gasteiger charge is -1.98. The summed E-state index contributed by atoms with van der Waals surface area (Å²) in [5, 5.41) is 0. The maximum Gasteiger partial charge on any atom is 0.271 e. The lowest BCUT2D eigenvalue weighted by atomic mass is 10.3. The molecule has 0 fully saturated rings. The summed E-state index contributed by atoms with van der Waals surface area (Å²) >= 11 is 5.67. The van der Waals surface area contributed by atoms with E-state index in [-0.39, 0.29) is 0 Å². The molecule has 0 aliphatic carbocycles. The largest absolute Gasteiger partial charge is 0.402 e. The highest BCUT2D eigenvalue weighted by Crippen LogP contribution is 1.92. The van der Waals surface area contributed by atoms with Crippen molar-refractivity contribution >= 4 is 19.4 Å². The van der Waals surface area contributed by atoms with E-state index in [9.17, 15) is 0 Å². The van der Waals surface area contributed by atoms with Crippen LogP contribution in [0, 0.1) is 0 Å². The molecule has 0 radical (unpaired) electrons. The van der Waals surface area contributed by atoms with Crippen LogP contribution < -0.4 is 0 Å². The maximum atomic E-state index is 5.67. The van der Waals surface area contributed by atoms with Gasteiger partial charge in [-0.05, 0) is 13.0 Å². The predicted molar refractivity (Wildman–Crippen MR) is 48.9 cm³/mol. The van der Waals surface area contributed by atoms with E-state index in [1.54, 1.807) is 0 Å². The van der Waals surface area contributed by atoms with Crippen LogP contribution in [0.15, 0.2) is 12.2 Å². The van der Waals surface area contributed by atoms with Gasteiger partial charge in [-0.2, -0.15) is 0 Å². The summed E-state index contributed by atoms with van der Waals surface area (Å²) in [6.07, 6.45) is 6.51. The molecule has 1 nitrogen and oxygen atoms in total. The third kappa shape index (κ3) is 8.21. The van der Waals surface area contributed by atoms with Gasteiger partial charge in [0.1, 0.15) is 0 Å². The number of hydrogen-bond acceptors (Lipinski definition) is 1. The maximum absolute atomic E-state index is 5.67. The number of rotatable bonds is 5. The van der Waals surface area contributed by atoms with Gasteiger partial charge in [0.2, 0.25) is 0 Å². The Labute approximate surface area is 69.5 Å². The van der Waals surface area contributed by atoms with E-state index >= 15 is 0 Å². The van der Waals surface area contributed by atoms with Crippen molar-refractivity contribution in [1.82, 2.24) is 0 Å². The molecule has 0 spiro atoms. The van der Waals surface area contributed by atoms with Crippen molar-refractivity contribution in [2.75, 3.05) is 6.61 Å². The van der Waals surface area contributed by atoms with Crippen molar-refractivity contribution in [3.05, 3.63) is 12.2 Å². The SMILES string of the molecule is CCCC=CCO[SiH](C)Cl. The minimum atomic E-state index is -1.30. The molecule has 0 saturated carbocycles. The van der Waals surface area contributed by atoms with Gasteiger partial charge in [0, 0.05) is 0 Å². The Balaban J connectivity index is 3.02. The molecule has 1 atom stereocenters. The van der Waals surface area contributed by atoms with Gasteiger partial charge in [0.15, 0.2) is 0 Å². The predicted octanol–water partition coefficient (Wildman–Crippen LogP) is 2.45. The molecular weight excluding hydrogens is 164 g/mol. The van der Waals surface area contributed by atoms with Gasteiger partial charge < -0.3 is 4.43 Å². The van der Waals surface area contributed by atoms with Gasteiger partial charge in [-0.3, -0.25) is 0 Å². The molecule has 10 heavy (non-hydrogen) atoms. The molecule has 3 heteroatoms. The van der Waals surface area contributed by atoms with Crippen LogP contribution in [0.1, 0.15) is 19.8 Å². The zero-order chi connectivity index (χ0) is 7.82. The van der Waals surface area contributed by atoms with Crippen LogP contribution in [0.3, 0.4) is 0 Å². The zero-order valence-electron chi connectivity index (χ0n) is 6.64. The number of unbranched alkanes of at least 4 members (excludes halogenated alkanes) is 1. The van der Waals surface area contributed by atoms with Gasteiger partial charge in [0.25, 0.3) is 8.35 Å². The van der Waals surface area contributed by atoms with Gasteiger partial charge in [-0.1, -0.05) is 25.5 Å². The van der Waals surface area contributed by atoms with Crippen LogP contribution in [-0.2, 0) is 4.43 Å². The number of halogens is 1. The second kappa shape index (κ2) is 7.32. The van der Waals surface area contributed by atoms with Crippen molar-refractivity contribution in [2.24, 2.45) is 0 Å². The average Bonchev–Trinajstić information content (AvgIpc) is 1.87. The third-order valence-electron chi connectivity index (χ3n) is 1.04. The smallest absolute Gasteiger partial charge is 0.271 e. The first-order chi connectivity index (χ1) is 4.77. The minimum absolute atomic E-state index is 0.691. The topological polar surface area (TPSA) is 9.23 Å². The fraction of sp³-hybridized carbons (Fsp3) is 0.714. The second-order valence-electron chi connectivity index (χ2n) is 2.14. The van der Waals surface area contributed by atoms with Gasteiger partial charge in [0.05, 0.1) is 6.61 Å². The molecule has 0 aromatic heterocycles. The standard InChI is InChI=1S/C7H15ClOSi/c1-3-4-5-6-7-9-10(2)8/h5-6,10H,3-4,7H2,1-2H3. The molecule has 0 N–H and O–H groups in total. The Morgan fingerprint density at radius 3 is 2.70 bits per heavy atom. The Morgan fingerprint density at radius 2 is 2.20 bits per heavy atom. The van der Waals surface area contributed by atoms with Crippen molar-refractivity contribution in [2.45, 2.75) is 26.3 Å². The van der Waals surface area contributed by atoms with E-state index in [0.717, 1.165) is 6.42 Å². The zero-order valence-corrected chi connectivity index (χ0v) is 8.55. The lowest BCUT2D eigenvalue weighted by Crippen LogP contribution is -2.03. The highest BCUT2D eigenvalue weighted by molar-refractivity contribution is 7.02. The fourth-order valence-corrected chi connectivity index (χ4v) is 1.14. The first-order valence-corrected chi connectivity index (χ1v) is 7.05. The van der Waals surface area contributed by atoms with Crippen LogP contribution in [0.25, 0.3) is 0 Å². The van der Waals surface area contributed by atoms with E-state index in [2.05, 4.69) is 13.0 Å². The highest BCUT2D eigenvalue weighted by Gasteiger charge is 1.93. The Hall–Kier alpha value is 0.207. The van der Waals surface area contributed by atoms with E-state index in [4.69, 9.17) is 15.5 Å². The summed E-state index contributed by atoms with van der Waals surface area (Å²) in [7, 11) is -1.30. The molecular formula is C7H15ClOSi. The van der Waals surface area contributed by atoms with Crippen molar-refractivity contribution in [1.29, 1.82) is 0 Å². The van der Waals surface area contributed by atoms with Crippen molar-refractivity contribution < 1.29 is 4.43 Å². The van der Waals surface area contributed by atoms with Gasteiger partial charge in [-0.15, -0.1) is 11.1 Å². The minimum Gasteiger partial charge on any atom is -0.402 e. The van der Waals surface area contributed by atoms with Crippen LogP contribution >= 0.6 is 11.1 Å². The van der Waals surface area contributed by atoms with E-state index in [1.807, 2.05) is 12.6 Å². The van der Waals surface area contributed by atoms with Crippen molar-refractivity contribution in [3.8, 4) is 0 Å². The first-order valence-electron chi connectivity index (χ1n) is 3.68. The lowest BCUT2D eigenvalue weighted by molar-refractivity contribution is 0.383. The van der Waals surface area contributed by atoms with E-state index in [1.165, 1.54) is 6.42 Å². The average molecular weight is 179 g/mol. The quantitative estimate of drug-likeness (QED) is 0.357. The van der Waals surface area contributed by atoms with Crippen LogP contribution in [0.5, 0.6) is 0 Å². The molecule has 1 unspecified atom stereocenters. The first kappa shape index (κ1) is 10.2. The van der Waals surface area contributed by atoms with E-state index < -0.39 is 8.35 Å². The van der Waals surface area contributed by atoms with Crippen LogP contribution in [-0.4, -0.2) is 15.0 Å². The summed E-state index contributed by atoms with van der Waals surface area (Å²) in [5.41, 5.74) is 0. The molecule has 0 aliphatic rings. The monoisotopic (exact) mass is 178 g/mol. The van der Waals surface area contributed by atoms with Crippen LogP contribution in [0.2, 0.25) is 6.55 Å². The molecule has 60 valence electrons. The normalized spacial score (nSPS) is 14.3. The fourth-order valence-electron chi connectivity index (χ4n) is 0.541. The summed E-state index contributed by atoms with van der Waals surface area (Å²) < 4.78 is 5.21. The third-order valence-corrected chi connectivity index (χ3v) is 2.07. The van der Waals surface area contributed by atoms with Gasteiger partial charge in [-0.25, -0.2) is 0 Å². The molecule has 0 aromatic carbocycles. The molecule has 0 aromatic rings. The Bertz CT molecular complexity index is 93.6. The summed E-state index contributed by atoms with van der Waals surface area (Å²) in [6, 6.07) is 0. The molecule has 0 bridgehead atoms. The highest BCUT2D eigenvalue weighted by atomic mass is 35.6. The van der Waals surface area contributed by atoms with E-state index in [0.29, 0.717) is 6.61 Å². The summed E-state index contributed by atoms with van der Waals surface area (Å²) in [6.45, 7) is 4.80. The second-order valence-corrected chi connectivity index (χ2v) is 5.40. The number of allylic oxidation sites excluding steroid dienone is 1. The Morgan fingerprint density at radius 1 is 1.50 bits per heavy atom. The van der Waals surface area contributed by atoms with Gasteiger partial charge >= 0.3 is 0 Å². The summed E-state index contributed by atoms with van der Waals surface area (Å²) in [5.74, 6) is 0. The Kier molecular flexibility index (Phi) is 7.47. The van der Waals surface area contributed by atoms with Crippen LogP contribution in [0.4, 0.5) is 0 Å². The summed E-state index contributed by atoms with van der Waals surface area (Å²) in [4.78, 5) is 0. The number of hydrogen-bond donors (Lipinski definition) is 0.